The molecule has 36 heavy (non-hydrogen) atoms. The predicted octanol–water partition coefficient (Wildman–Crippen LogP) is 3.34. The number of aliphatic hydroxyl groups excluding tert-OH is 1. The quantitative estimate of drug-likeness (QED) is 0.381. The lowest BCUT2D eigenvalue weighted by Crippen LogP contribution is -2.43. The van der Waals surface area contributed by atoms with Crippen molar-refractivity contribution < 1.29 is 14.6 Å². The number of aliphatic hydroxyl groups is 1. The molecule has 4 rings (SSSR count). The molecule has 1 aromatic carbocycles. The summed E-state index contributed by atoms with van der Waals surface area (Å²) in [7, 11) is 0. The highest BCUT2D eigenvalue weighted by atomic mass is 16.5. The van der Waals surface area contributed by atoms with Gasteiger partial charge in [-0.05, 0) is 81.0 Å². The molecule has 2 saturated heterocycles. The van der Waals surface area contributed by atoms with Gasteiger partial charge in [0.1, 0.15) is 12.0 Å². The summed E-state index contributed by atoms with van der Waals surface area (Å²) in [4.78, 5) is 20.2. The molecule has 3 aliphatic heterocycles. The van der Waals surface area contributed by atoms with Crippen molar-refractivity contribution in [3.05, 3.63) is 29.3 Å². The van der Waals surface area contributed by atoms with Crippen molar-refractivity contribution in [2.24, 2.45) is 5.73 Å². The largest absolute Gasteiger partial charge is 0.493 e. The molecule has 0 radical (unpaired) electrons. The fourth-order valence-corrected chi connectivity index (χ4v) is 6.21. The summed E-state index contributed by atoms with van der Waals surface area (Å²) < 4.78 is 5.73. The van der Waals surface area contributed by atoms with E-state index in [0.717, 1.165) is 109 Å². The SMILES string of the molecule is CCCCN(CCCCN)C(=O)CN1C[C@H](c2ccc3c(c2)CCO3)C[C@@H]1CCCN1CCCC1O. The summed E-state index contributed by atoms with van der Waals surface area (Å²) in [5, 5.41) is 10.2. The third-order valence-corrected chi connectivity index (χ3v) is 8.38. The van der Waals surface area contributed by atoms with Crippen molar-refractivity contribution in [1.82, 2.24) is 14.7 Å². The number of ether oxygens (including phenoxy) is 1. The van der Waals surface area contributed by atoms with Crippen LogP contribution in [0, 0.1) is 0 Å². The Morgan fingerprint density at radius 3 is 2.83 bits per heavy atom. The lowest BCUT2D eigenvalue weighted by molar-refractivity contribution is -0.132. The van der Waals surface area contributed by atoms with Gasteiger partial charge in [-0.3, -0.25) is 14.6 Å². The third-order valence-electron chi connectivity index (χ3n) is 8.38. The summed E-state index contributed by atoms with van der Waals surface area (Å²) in [5.74, 6) is 1.75. The molecular weight excluding hydrogens is 452 g/mol. The van der Waals surface area contributed by atoms with E-state index >= 15 is 0 Å². The smallest absolute Gasteiger partial charge is 0.236 e. The molecule has 1 aromatic rings. The maximum atomic E-state index is 13.5. The Kier molecular flexibility index (Phi) is 10.5. The van der Waals surface area contributed by atoms with Crippen LogP contribution in [0.4, 0.5) is 0 Å². The molecular formula is C29H48N4O3. The van der Waals surface area contributed by atoms with Crippen LogP contribution in [0.25, 0.3) is 0 Å². The van der Waals surface area contributed by atoms with E-state index in [2.05, 4.69) is 39.8 Å². The van der Waals surface area contributed by atoms with Crippen LogP contribution in [0.2, 0.25) is 0 Å². The van der Waals surface area contributed by atoms with Gasteiger partial charge < -0.3 is 20.5 Å². The molecule has 202 valence electrons. The maximum Gasteiger partial charge on any atom is 0.236 e. The first-order chi connectivity index (χ1) is 17.6. The van der Waals surface area contributed by atoms with Gasteiger partial charge in [0.05, 0.1) is 13.2 Å². The van der Waals surface area contributed by atoms with Gasteiger partial charge >= 0.3 is 0 Å². The number of likely N-dealkylation sites (tertiary alicyclic amines) is 2. The minimum Gasteiger partial charge on any atom is -0.493 e. The molecule has 0 saturated carbocycles. The van der Waals surface area contributed by atoms with Crippen molar-refractivity contribution in [2.75, 3.05) is 52.4 Å². The lowest BCUT2D eigenvalue weighted by atomic mass is 9.93. The predicted molar refractivity (Wildman–Crippen MR) is 144 cm³/mol. The van der Waals surface area contributed by atoms with Gasteiger partial charge in [-0.2, -0.15) is 0 Å². The second kappa shape index (κ2) is 13.8. The zero-order chi connectivity index (χ0) is 25.3. The number of nitrogens with two attached hydrogens (primary N) is 1. The highest BCUT2D eigenvalue weighted by Gasteiger charge is 2.35. The standard InChI is InChI=1S/C29H48N4O3/c1-2-3-14-32(15-5-4-13-30)29(35)22-33-21-25(23-10-11-27-24(19-23)12-18-36-27)20-26(33)8-6-16-31-17-7-9-28(31)34/h10-11,19,25-26,28,34H,2-9,12-18,20-22,30H2,1H3/t25-,26+,28?/m1/s1. The lowest BCUT2D eigenvalue weighted by Gasteiger charge is -2.29. The topological polar surface area (TPSA) is 82.3 Å². The average Bonchev–Trinajstić information content (AvgIpc) is 3.61. The minimum absolute atomic E-state index is 0.267. The molecule has 2 fully saturated rings. The molecule has 0 spiro atoms. The van der Waals surface area contributed by atoms with E-state index in [9.17, 15) is 9.90 Å². The number of carbonyl (C=O) groups is 1. The van der Waals surface area contributed by atoms with Gasteiger partial charge in [0.15, 0.2) is 0 Å². The van der Waals surface area contributed by atoms with Crippen molar-refractivity contribution in [1.29, 1.82) is 0 Å². The summed E-state index contributed by atoms with van der Waals surface area (Å²) in [6, 6.07) is 7.12. The normalized spacial score (nSPS) is 24.2. The average molecular weight is 501 g/mol. The molecule has 3 N–H and O–H groups in total. The number of rotatable bonds is 14. The number of benzene rings is 1. The molecule has 3 atom stereocenters. The Morgan fingerprint density at radius 1 is 1.19 bits per heavy atom. The summed E-state index contributed by atoms with van der Waals surface area (Å²) in [6.45, 7) is 8.71. The zero-order valence-electron chi connectivity index (χ0n) is 22.4. The van der Waals surface area contributed by atoms with Gasteiger partial charge in [-0.25, -0.2) is 0 Å². The molecule has 3 heterocycles. The fraction of sp³-hybridized carbons (Fsp3) is 0.759. The molecule has 1 amide bonds. The zero-order valence-corrected chi connectivity index (χ0v) is 22.4. The molecule has 3 aliphatic rings. The van der Waals surface area contributed by atoms with Crippen molar-refractivity contribution in [3.8, 4) is 5.75 Å². The van der Waals surface area contributed by atoms with Crippen LogP contribution in [0.3, 0.4) is 0 Å². The second-order valence-corrected chi connectivity index (χ2v) is 11.0. The summed E-state index contributed by atoms with van der Waals surface area (Å²) in [6.07, 6.45) is 10.0. The first-order valence-electron chi connectivity index (χ1n) is 14.5. The number of nitrogens with zero attached hydrogens (tertiary/aromatic N) is 3. The Labute approximate surface area is 217 Å². The molecule has 0 aliphatic carbocycles. The Hall–Kier alpha value is -1.67. The van der Waals surface area contributed by atoms with Crippen LogP contribution < -0.4 is 10.5 Å². The van der Waals surface area contributed by atoms with E-state index in [-0.39, 0.29) is 12.1 Å². The van der Waals surface area contributed by atoms with Crippen molar-refractivity contribution in [3.63, 3.8) is 0 Å². The van der Waals surface area contributed by atoms with E-state index < -0.39 is 0 Å². The molecule has 7 heteroatoms. The second-order valence-electron chi connectivity index (χ2n) is 11.0. The van der Waals surface area contributed by atoms with Crippen LogP contribution in [0.1, 0.15) is 81.8 Å². The monoisotopic (exact) mass is 500 g/mol. The van der Waals surface area contributed by atoms with Crippen LogP contribution >= 0.6 is 0 Å². The van der Waals surface area contributed by atoms with E-state index in [1.54, 1.807) is 0 Å². The number of hydrogen-bond donors (Lipinski definition) is 2. The molecule has 1 unspecified atom stereocenters. The maximum absolute atomic E-state index is 13.5. The van der Waals surface area contributed by atoms with Gasteiger partial charge in [0.25, 0.3) is 0 Å². The highest BCUT2D eigenvalue weighted by Crippen LogP contribution is 2.37. The molecule has 0 aromatic heterocycles. The van der Waals surface area contributed by atoms with Crippen LogP contribution in [-0.4, -0.2) is 90.4 Å². The Balaban J connectivity index is 1.40. The van der Waals surface area contributed by atoms with Crippen LogP contribution in [-0.2, 0) is 11.2 Å². The van der Waals surface area contributed by atoms with Crippen LogP contribution in [0.5, 0.6) is 5.75 Å². The number of amides is 1. The summed E-state index contributed by atoms with van der Waals surface area (Å²) >= 11 is 0. The third kappa shape index (κ3) is 7.21. The number of unbranched alkanes of at least 4 members (excludes halogenated alkanes) is 2. The first-order valence-corrected chi connectivity index (χ1v) is 14.5. The number of carbonyl (C=O) groups excluding carboxylic acids is 1. The molecule has 0 bridgehead atoms. The van der Waals surface area contributed by atoms with Crippen molar-refractivity contribution >= 4 is 5.91 Å². The number of hydrogen-bond acceptors (Lipinski definition) is 6. The summed E-state index contributed by atoms with van der Waals surface area (Å²) in [5.41, 5.74) is 8.42. The van der Waals surface area contributed by atoms with E-state index in [0.29, 0.717) is 25.0 Å². The minimum atomic E-state index is -0.270. The van der Waals surface area contributed by atoms with E-state index in [1.807, 2.05) is 0 Å². The molecule has 7 nitrogen and oxygen atoms in total. The van der Waals surface area contributed by atoms with E-state index in [1.165, 1.54) is 11.1 Å². The van der Waals surface area contributed by atoms with E-state index in [4.69, 9.17) is 10.5 Å². The van der Waals surface area contributed by atoms with Gasteiger partial charge in [-0.15, -0.1) is 0 Å². The number of fused-ring (bicyclic) bond motifs is 1. The first kappa shape index (κ1) is 27.4. The van der Waals surface area contributed by atoms with Crippen molar-refractivity contribution in [2.45, 2.75) is 89.3 Å². The van der Waals surface area contributed by atoms with Crippen LogP contribution in [0.15, 0.2) is 18.2 Å². The van der Waals surface area contributed by atoms with Gasteiger partial charge in [0, 0.05) is 45.2 Å². The van der Waals surface area contributed by atoms with Gasteiger partial charge in [-0.1, -0.05) is 25.5 Å². The Morgan fingerprint density at radius 2 is 2.06 bits per heavy atom. The van der Waals surface area contributed by atoms with Gasteiger partial charge in [0.2, 0.25) is 5.91 Å². The highest BCUT2D eigenvalue weighted by molar-refractivity contribution is 5.78. The Bertz CT molecular complexity index is 835. The fourth-order valence-electron chi connectivity index (χ4n) is 6.21.